The molecule has 1 atom stereocenters. The van der Waals surface area contributed by atoms with Crippen molar-refractivity contribution >= 4 is 17.5 Å². The van der Waals surface area contributed by atoms with Gasteiger partial charge in [-0.25, -0.2) is 0 Å². The van der Waals surface area contributed by atoms with E-state index in [9.17, 15) is 5.53 Å². The van der Waals surface area contributed by atoms with Gasteiger partial charge in [0.1, 0.15) is 5.76 Å². The predicted molar refractivity (Wildman–Crippen MR) is 88.9 cm³/mol. The van der Waals surface area contributed by atoms with Gasteiger partial charge in [-0.05, 0) is 38.5 Å². The smallest absolute Gasteiger partial charge is 0.329 e. The van der Waals surface area contributed by atoms with Crippen LogP contribution in [0.4, 0.5) is 0 Å². The number of ether oxygens (including phenoxy) is 2. The molecule has 1 unspecified atom stereocenters. The summed E-state index contributed by atoms with van der Waals surface area (Å²) in [5, 5.41) is 0. The lowest BCUT2D eigenvalue weighted by Gasteiger charge is -2.20. The van der Waals surface area contributed by atoms with Crippen LogP contribution in [0.15, 0.2) is 52.0 Å². The lowest BCUT2D eigenvalue weighted by molar-refractivity contribution is -0.0225. The third-order valence-electron chi connectivity index (χ3n) is 3.18. The van der Waals surface area contributed by atoms with Gasteiger partial charge in [-0.3, -0.25) is 0 Å². The van der Waals surface area contributed by atoms with Crippen LogP contribution < -0.4 is 0 Å². The molecular formula is C17H20N2O2S. The van der Waals surface area contributed by atoms with Gasteiger partial charge in [0, 0.05) is 16.4 Å². The maximum absolute atomic E-state index is 9.28. The average molecular weight is 316 g/mol. The summed E-state index contributed by atoms with van der Waals surface area (Å²) in [4.78, 5) is 5.48. The molecule has 1 aliphatic rings. The monoisotopic (exact) mass is 316 g/mol. The van der Waals surface area contributed by atoms with Crippen LogP contribution in [0.25, 0.3) is 5.53 Å². The molecule has 1 aliphatic carbocycles. The standard InChI is InChI=1S/C17H20N2O2S/c1-4-20-13-10-14(19-18)17(21-5-2)16(11-13)22-15-9-7-6-8-12(15)3/h6-11,17H,4-5H2,1-3H3. The van der Waals surface area contributed by atoms with Crippen molar-refractivity contribution in [1.29, 1.82) is 0 Å². The molecule has 0 radical (unpaired) electrons. The van der Waals surface area contributed by atoms with Crippen molar-refractivity contribution in [3.8, 4) is 0 Å². The van der Waals surface area contributed by atoms with E-state index in [-0.39, 0.29) is 6.10 Å². The molecule has 1 aromatic rings. The van der Waals surface area contributed by atoms with E-state index >= 15 is 0 Å². The summed E-state index contributed by atoms with van der Waals surface area (Å²) in [6.45, 7) is 7.01. The molecule has 0 heterocycles. The van der Waals surface area contributed by atoms with E-state index in [2.05, 4.69) is 23.8 Å². The Bertz CT molecular complexity index is 646. The Labute approximate surface area is 135 Å². The van der Waals surface area contributed by atoms with Gasteiger partial charge in [0.25, 0.3) is 0 Å². The van der Waals surface area contributed by atoms with Gasteiger partial charge < -0.3 is 15.0 Å². The van der Waals surface area contributed by atoms with Crippen molar-refractivity contribution in [3.63, 3.8) is 0 Å². The Morgan fingerprint density at radius 2 is 1.95 bits per heavy atom. The van der Waals surface area contributed by atoms with Gasteiger partial charge in [0.15, 0.2) is 6.10 Å². The van der Waals surface area contributed by atoms with E-state index in [0.717, 1.165) is 9.80 Å². The van der Waals surface area contributed by atoms with Crippen LogP contribution in [0.5, 0.6) is 0 Å². The van der Waals surface area contributed by atoms with Crippen molar-refractivity contribution in [2.75, 3.05) is 13.2 Å². The third-order valence-corrected chi connectivity index (χ3v) is 4.43. The van der Waals surface area contributed by atoms with Crippen LogP contribution in [0.2, 0.25) is 0 Å². The van der Waals surface area contributed by atoms with Crippen LogP contribution in [0.3, 0.4) is 0 Å². The van der Waals surface area contributed by atoms with E-state index in [0.29, 0.717) is 24.7 Å². The van der Waals surface area contributed by atoms with Crippen molar-refractivity contribution in [1.82, 2.24) is 0 Å². The molecule has 0 amide bonds. The maximum atomic E-state index is 9.28. The molecule has 22 heavy (non-hydrogen) atoms. The molecule has 0 N–H and O–H groups in total. The van der Waals surface area contributed by atoms with E-state index in [1.54, 1.807) is 17.8 Å². The highest BCUT2D eigenvalue weighted by Gasteiger charge is 2.32. The first-order valence-electron chi connectivity index (χ1n) is 7.32. The fourth-order valence-corrected chi connectivity index (χ4v) is 3.27. The Balaban J connectivity index is 2.36. The van der Waals surface area contributed by atoms with E-state index in [4.69, 9.17) is 9.47 Å². The molecule has 0 aliphatic heterocycles. The SMILES string of the molecule is CCOC1=CC(=[N+]=[N-])C(OCC)C(Sc2ccccc2C)=C1. The van der Waals surface area contributed by atoms with Crippen LogP contribution >= 0.6 is 11.8 Å². The largest absolute Gasteiger partial charge is 0.494 e. The lowest BCUT2D eigenvalue weighted by Crippen LogP contribution is -2.28. The zero-order valence-electron chi connectivity index (χ0n) is 13.1. The topological polar surface area (TPSA) is 54.9 Å². The van der Waals surface area contributed by atoms with Crippen molar-refractivity contribution in [3.05, 3.63) is 58.2 Å². The molecule has 1 aromatic carbocycles. The van der Waals surface area contributed by atoms with Crippen molar-refractivity contribution in [2.45, 2.75) is 31.8 Å². The van der Waals surface area contributed by atoms with Crippen LogP contribution in [-0.2, 0) is 9.47 Å². The van der Waals surface area contributed by atoms with Crippen LogP contribution in [0.1, 0.15) is 19.4 Å². The Morgan fingerprint density at radius 3 is 2.59 bits per heavy atom. The zero-order chi connectivity index (χ0) is 15.9. The minimum Gasteiger partial charge on any atom is -0.494 e. The molecule has 0 spiro atoms. The number of benzene rings is 1. The second kappa shape index (κ2) is 7.99. The molecule has 0 saturated carbocycles. The lowest BCUT2D eigenvalue weighted by atomic mass is 10.1. The van der Waals surface area contributed by atoms with E-state index in [1.807, 2.05) is 32.1 Å². The molecule has 0 aromatic heterocycles. The van der Waals surface area contributed by atoms with Gasteiger partial charge in [-0.15, -0.1) is 0 Å². The van der Waals surface area contributed by atoms with Crippen LogP contribution in [-0.4, -0.2) is 29.8 Å². The highest BCUT2D eigenvalue weighted by Crippen LogP contribution is 2.35. The predicted octanol–water partition coefficient (Wildman–Crippen LogP) is 3.98. The minimum absolute atomic E-state index is 0.371. The third kappa shape index (κ3) is 3.89. The van der Waals surface area contributed by atoms with Gasteiger partial charge in [0.2, 0.25) is 0 Å². The summed E-state index contributed by atoms with van der Waals surface area (Å²) in [6, 6.07) is 8.16. The molecule has 5 heteroatoms. The molecular weight excluding hydrogens is 296 g/mol. The second-order valence-corrected chi connectivity index (χ2v) is 5.87. The molecule has 116 valence electrons. The molecule has 4 nitrogen and oxygen atoms in total. The van der Waals surface area contributed by atoms with Gasteiger partial charge >= 0.3 is 5.71 Å². The summed E-state index contributed by atoms with van der Waals surface area (Å²) in [6.07, 6.45) is 3.30. The number of rotatable bonds is 6. The fourth-order valence-electron chi connectivity index (χ4n) is 2.17. The molecule has 0 fully saturated rings. The highest BCUT2D eigenvalue weighted by molar-refractivity contribution is 8.03. The summed E-state index contributed by atoms with van der Waals surface area (Å²) in [5.74, 6) is 0.683. The molecule has 0 bridgehead atoms. The summed E-state index contributed by atoms with van der Waals surface area (Å²) in [7, 11) is 0. The number of thioether (sulfide) groups is 1. The quantitative estimate of drug-likeness (QED) is 0.589. The first-order chi connectivity index (χ1) is 10.7. The van der Waals surface area contributed by atoms with Gasteiger partial charge in [-0.2, -0.15) is 4.79 Å². The van der Waals surface area contributed by atoms with E-state index in [1.165, 1.54) is 5.56 Å². The van der Waals surface area contributed by atoms with E-state index < -0.39 is 0 Å². The Kier molecular flexibility index (Phi) is 6.01. The zero-order valence-corrected chi connectivity index (χ0v) is 13.9. The Morgan fingerprint density at radius 1 is 1.18 bits per heavy atom. The number of aryl methyl sites for hydroxylation is 1. The average Bonchev–Trinajstić information content (AvgIpc) is 2.52. The summed E-state index contributed by atoms with van der Waals surface area (Å²) >= 11 is 1.61. The highest BCUT2D eigenvalue weighted by atomic mass is 32.2. The Hall–Kier alpha value is -1.81. The number of allylic oxidation sites excluding steroid dienone is 1. The van der Waals surface area contributed by atoms with Crippen molar-refractivity contribution in [2.24, 2.45) is 0 Å². The van der Waals surface area contributed by atoms with Crippen molar-refractivity contribution < 1.29 is 14.3 Å². The van der Waals surface area contributed by atoms with Crippen LogP contribution in [0, 0.1) is 6.92 Å². The number of hydrogen-bond acceptors (Lipinski definition) is 3. The molecule has 2 rings (SSSR count). The van der Waals surface area contributed by atoms with Gasteiger partial charge in [-0.1, -0.05) is 30.0 Å². The number of nitrogens with zero attached hydrogens (tertiary/aromatic N) is 2. The fraction of sp³-hybridized carbons (Fsp3) is 0.353. The normalized spacial score (nSPS) is 17.6. The first-order valence-corrected chi connectivity index (χ1v) is 8.14. The minimum atomic E-state index is -0.371. The number of hydrogen-bond donors (Lipinski definition) is 0. The summed E-state index contributed by atoms with van der Waals surface area (Å²) < 4.78 is 11.3. The second-order valence-electron chi connectivity index (χ2n) is 4.75. The maximum Gasteiger partial charge on any atom is 0.329 e. The summed E-state index contributed by atoms with van der Waals surface area (Å²) in [5.41, 5.74) is 10.9. The molecule has 0 saturated heterocycles. The van der Waals surface area contributed by atoms with Gasteiger partial charge in [0.05, 0.1) is 12.7 Å². The first kappa shape index (κ1) is 16.6.